The zero-order valence-electron chi connectivity index (χ0n) is 22.3. The maximum absolute atomic E-state index is 14.9. The molecule has 2 aliphatic heterocycles. The Balaban J connectivity index is 1.50. The molecule has 0 aromatic carbocycles. The number of rotatable bonds is 10. The number of unbranched alkanes of at least 4 members (excludes halogenated alkanes) is 2. The van der Waals surface area contributed by atoms with Gasteiger partial charge in [0.1, 0.15) is 0 Å². The van der Waals surface area contributed by atoms with Gasteiger partial charge in [0.15, 0.2) is 0 Å². The van der Waals surface area contributed by atoms with Crippen molar-refractivity contribution in [2.75, 3.05) is 20.3 Å². The van der Waals surface area contributed by atoms with Crippen molar-refractivity contribution in [3.8, 4) is 0 Å². The first-order chi connectivity index (χ1) is 19.2. The number of pyridine rings is 2. The number of fused-ring (bicyclic) bond motifs is 2. The Hall–Kier alpha value is -3.06. The number of aromatic nitrogens is 2. The molecule has 4 rings (SSSR count). The minimum atomic E-state index is -2.32. The van der Waals surface area contributed by atoms with E-state index in [1.807, 2.05) is 18.2 Å². The molecule has 2 aliphatic rings. The van der Waals surface area contributed by atoms with Gasteiger partial charge in [0, 0.05) is 0 Å². The van der Waals surface area contributed by atoms with Crippen LogP contribution in [-0.4, -0.2) is 48.5 Å². The summed E-state index contributed by atoms with van der Waals surface area (Å²) in [6, 6.07) is 5.31. The van der Waals surface area contributed by atoms with E-state index in [-0.39, 0.29) is 43.5 Å². The number of nitrogens with one attached hydrogen (secondary N) is 2. The van der Waals surface area contributed by atoms with Crippen LogP contribution in [-0.2, 0) is 21.7 Å². The SMILES string of the molecule is COC(=N)/C(=C\CCCCC(F)F)c1ccc2c(n1)=CC(CNC(=O)c1cnc3c(c1)[C@](C)(F)COC3)=C[I-]C=2. The predicted molar refractivity (Wildman–Crippen MR) is 142 cm³/mol. The van der Waals surface area contributed by atoms with Crippen molar-refractivity contribution in [1.82, 2.24) is 15.3 Å². The first-order valence-electron chi connectivity index (χ1n) is 12.8. The molecule has 7 nitrogen and oxygen atoms in total. The van der Waals surface area contributed by atoms with Gasteiger partial charge in [0.05, 0.1) is 0 Å². The van der Waals surface area contributed by atoms with Gasteiger partial charge in [-0.15, -0.1) is 0 Å². The van der Waals surface area contributed by atoms with Crippen molar-refractivity contribution in [3.63, 3.8) is 0 Å². The third kappa shape index (κ3) is 7.57. The van der Waals surface area contributed by atoms with Crippen molar-refractivity contribution in [2.24, 2.45) is 0 Å². The van der Waals surface area contributed by atoms with Crippen LogP contribution in [0.3, 0.4) is 0 Å². The molecule has 0 bridgehead atoms. The average molecular weight is 667 g/mol. The summed E-state index contributed by atoms with van der Waals surface area (Å²) in [5, 5.41) is 12.8. The molecule has 2 aromatic heterocycles. The first-order valence-corrected chi connectivity index (χ1v) is 15.3. The minimum absolute atomic E-state index is 0.0519. The van der Waals surface area contributed by atoms with Crippen LogP contribution in [0.2, 0.25) is 0 Å². The molecule has 214 valence electrons. The Kier molecular flexibility index (Phi) is 10.1. The van der Waals surface area contributed by atoms with E-state index < -0.39 is 33.3 Å². The molecule has 11 heteroatoms. The van der Waals surface area contributed by atoms with Crippen molar-refractivity contribution in [2.45, 2.75) is 51.3 Å². The number of amides is 1. The molecule has 0 saturated heterocycles. The van der Waals surface area contributed by atoms with Crippen LogP contribution >= 0.6 is 0 Å². The molecule has 0 aliphatic carbocycles. The van der Waals surface area contributed by atoms with Crippen LogP contribution in [0.25, 0.3) is 15.7 Å². The summed E-state index contributed by atoms with van der Waals surface area (Å²) in [6.45, 7) is 1.81. The zero-order chi connectivity index (χ0) is 28.7. The van der Waals surface area contributed by atoms with Crippen molar-refractivity contribution in [3.05, 3.63) is 73.2 Å². The van der Waals surface area contributed by atoms with Gasteiger partial charge in [0.2, 0.25) is 0 Å². The fraction of sp³-hybridized carbons (Fsp3) is 0.379. The summed E-state index contributed by atoms with van der Waals surface area (Å²) in [5.41, 5.74) is 1.37. The summed E-state index contributed by atoms with van der Waals surface area (Å²) in [4.78, 5) is 21.9. The van der Waals surface area contributed by atoms with Gasteiger partial charge in [-0.3, -0.25) is 0 Å². The van der Waals surface area contributed by atoms with Gasteiger partial charge in [-0.2, -0.15) is 0 Å². The molecule has 0 radical (unpaired) electrons. The Morgan fingerprint density at radius 1 is 1.32 bits per heavy atom. The second-order valence-corrected chi connectivity index (χ2v) is 11.6. The second-order valence-electron chi connectivity index (χ2n) is 9.65. The van der Waals surface area contributed by atoms with Crippen molar-refractivity contribution >= 4 is 27.5 Å². The monoisotopic (exact) mass is 667 g/mol. The summed E-state index contributed by atoms with van der Waals surface area (Å²) in [7, 11) is 1.41. The molecule has 2 N–H and O–H groups in total. The second kappa shape index (κ2) is 13.5. The topological polar surface area (TPSA) is 97.2 Å². The number of halogens is 4. The van der Waals surface area contributed by atoms with E-state index in [1.54, 1.807) is 12.1 Å². The van der Waals surface area contributed by atoms with E-state index >= 15 is 0 Å². The van der Waals surface area contributed by atoms with Gasteiger partial charge in [-0.05, 0) is 0 Å². The van der Waals surface area contributed by atoms with Crippen LogP contribution < -0.4 is 37.1 Å². The first kappa shape index (κ1) is 29.9. The Labute approximate surface area is 241 Å². The van der Waals surface area contributed by atoms with Crippen LogP contribution in [0.15, 0.2) is 40.1 Å². The molecule has 2 aromatic rings. The van der Waals surface area contributed by atoms with E-state index in [2.05, 4.69) is 18.5 Å². The standard InChI is InChI=1S/C29H31F3IN4O3/c1-29(32)17-40-16-25-22(29)11-20(15-35-25)28(38)36-14-18-10-24-19(13-33-12-18)8-9-23(37-24)21(27(34)39-2)6-4-3-5-7-26(30)31/h6,8-13,15,26,34H,3-5,7,14,16-17H2,1-2H3,(H,36,38)/q-1/b21-6-,34-27?/t29-/m1/s1. The number of carbonyl (C=O) groups excluding carboxylic acids is 1. The summed E-state index contributed by atoms with van der Waals surface area (Å²) in [5.74, 6) is -0.408. The van der Waals surface area contributed by atoms with E-state index in [0.29, 0.717) is 47.1 Å². The van der Waals surface area contributed by atoms with Gasteiger partial charge in [0.25, 0.3) is 0 Å². The maximum atomic E-state index is 14.9. The van der Waals surface area contributed by atoms with Crippen molar-refractivity contribution < 1.29 is 48.6 Å². The number of allylic oxidation sites excluding steroid dienone is 1. The molecule has 0 spiro atoms. The molecule has 4 heterocycles. The third-order valence-electron chi connectivity index (χ3n) is 6.47. The van der Waals surface area contributed by atoms with E-state index in [1.165, 1.54) is 20.2 Å². The fourth-order valence-electron chi connectivity index (χ4n) is 4.32. The Bertz CT molecular complexity index is 1460. The zero-order valence-corrected chi connectivity index (χ0v) is 24.4. The number of alkyl halides is 3. The fourth-order valence-corrected chi connectivity index (χ4v) is 6.27. The summed E-state index contributed by atoms with van der Waals surface area (Å²) in [6.07, 6.45) is 4.17. The average Bonchev–Trinajstić information content (AvgIpc) is 3.14. The van der Waals surface area contributed by atoms with Gasteiger partial charge in [-0.1, -0.05) is 0 Å². The quantitative estimate of drug-likeness (QED) is 0.171. The molecular weight excluding hydrogens is 636 g/mol. The van der Waals surface area contributed by atoms with Crippen LogP contribution in [0.1, 0.15) is 59.9 Å². The molecule has 40 heavy (non-hydrogen) atoms. The molecule has 1 atom stereocenters. The molecule has 0 saturated carbocycles. The molecule has 0 fully saturated rings. The third-order valence-corrected chi connectivity index (χ3v) is 8.66. The summed E-state index contributed by atoms with van der Waals surface area (Å²) >= 11 is -0.440. The Morgan fingerprint density at radius 3 is 2.92 bits per heavy atom. The summed E-state index contributed by atoms with van der Waals surface area (Å²) < 4.78 is 54.4. The number of hydrogen-bond donors (Lipinski definition) is 2. The van der Waals surface area contributed by atoms with E-state index in [9.17, 15) is 18.0 Å². The number of methoxy groups -OCH3 is 1. The molecule has 1 amide bonds. The van der Waals surface area contributed by atoms with Crippen molar-refractivity contribution in [1.29, 1.82) is 5.41 Å². The number of nitrogens with zero attached hydrogens (tertiary/aromatic N) is 2. The Morgan fingerprint density at radius 2 is 2.15 bits per heavy atom. The normalized spacial score (nSPS) is 18.6. The van der Waals surface area contributed by atoms with Gasteiger partial charge in [-0.25, -0.2) is 8.78 Å². The van der Waals surface area contributed by atoms with E-state index in [0.717, 1.165) is 10.8 Å². The van der Waals surface area contributed by atoms with Crippen LogP contribution in [0.5, 0.6) is 0 Å². The van der Waals surface area contributed by atoms with Gasteiger partial charge < -0.3 is 0 Å². The number of hydrogen-bond acceptors (Lipinski definition) is 6. The predicted octanol–water partition coefficient (Wildman–Crippen LogP) is 0.959. The molecule has 0 unspecified atom stereocenters. The molecular formula is C29H31F3IN4O3-. The van der Waals surface area contributed by atoms with Crippen LogP contribution in [0, 0.1) is 5.41 Å². The van der Waals surface area contributed by atoms with Crippen LogP contribution in [0.4, 0.5) is 13.2 Å². The van der Waals surface area contributed by atoms with Gasteiger partial charge >= 0.3 is 233 Å². The van der Waals surface area contributed by atoms with E-state index in [4.69, 9.17) is 19.9 Å². The number of ether oxygens (including phenoxy) is 2. The number of carbonyl (C=O) groups is 1.